The highest BCUT2D eigenvalue weighted by atomic mass is 35.6. The van der Waals surface area contributed by atoms with E-state index in [0.717, 1.165) is 37.8 Å². The predicted octanol–water partition coefficient (Wildman–Crippen LogP) is 5.07. The lowest BCUT2D eigenvalue weighted by Gasteiger charge is -2.24. The lowest BCUT2D eigenvalue weighted by molar-refractivity contribution is -0.137. The SMILES string of the molecule is NC1(CNc2nc(-c3cccc(C(F)(F)F)c3)nc(C(Cl)(Cl)Cl)n2)CCCC1. The van der Waals surface area contributed by atoms with Crippen molar-refractivity contribution < 1.29 is 13.2 Å². The second kappa shape index (κ2) is 7.82. The summed E-state index contributed by atoms with van der Waals surface area (Å²) in [6.07, 6.45) is -0.739. The van der Waals surface area contributed by atoms with Crippen molar-refractivity contribution in [2.45, 2.75) is 41.2 Å². The van der Waals surface area contributed by atoms with Gasteiger partial charge in [0.15, 0.2) is 11.6 Å². The van der Waals surface area contributed by atoms with Crippen LogP contribution in [0.5, 0.6) is 0 Å². The van der Waals surface area contributed by atoms with Gasteiger partial charge in [-0.05, 0) is 25.0 Å². The highest BCUT2D eigenvalue weighted by Gasteiger charge is 2.33. The van der Waals surface area contributed by atoms with Gasteiger partial charge in [0, 0.05) is 17.6 Å². The van der Waals surface area contributed by atoms with Crippen LogP contribution in [-0.2, 0) is 9.97 Å². The number of nitrogens with one attached hydrogen (secondary N) is 1. The molecule has 1 aliphatic rings. The number of anilines is 1. The fourth-order valence-electron chi connectivity index (χ4n) is 3.06. The van der Waals surface area contributed by atoms with E-state index in [2.05, 4.69) is 20.3 Å². The standard InChI is InChI=1S/C17H17Cl3F3N5/c18-16(19,20)13-26-12(10-4-3-5-11(8-10)17(21,22)23)27-14(28-13)25-9-15(24)6-1-2-7-15/h3-5,8H,1-2,6-7,9,24H2,(H,25,26,27,28). The molecule has 11 heteroatoms. The van der Waals surface area contributed by atoms with Crippen LogP contribution < -0.4 is 11.1 Å². The van der Waals surface area contributed by atoms with Gasteiger partial charge in [-0.3, -0.25) is 0 Å². The van der Waals surface area contributed by atoms with Crippen molar-refractivity contribution in [3.63, 3.8) is 0 Å². The number of alkyl halides is 6. The zero-order chi connectivity index (χ0) is 20.6. The van der Waals surface area contributed by atoms with Crippen LogP contribution in [-0.4, -0.2) is 27.0 Å². The number of hydrogen-bond acceptors (Lipinski definition) is 5. The molecule has 2 aromatic rings. The molecule has 28 heavy (non-hydrogen) atoms. The molecule has 152 valence electrons. The molecule has 0 bridgehead atoms. The van der Waals surface area contributed by atoms with E-state index in [9.17, 15) is 13.2 Å². The molecule has 1 aromatic heterocycles. The maximum Gasteiger partial charge on any atom is 0.416 e. The van der Waals surface area contributed by atoms with Gasteiger partial charge in [0.25, 0.3) is 0 Å². The number of aromatic nitrogens is 3. The predicted molar refractivity (Wildman–Crippen MR) is 103 cm³/mol. The van der Waals surface area contributed by atoms with Crippen LogP contribution in [0.15, 0.2) is 24.3 Å². The van der Waals surface area contributed by atoms with Gasteiger partial charge >= 0.3 is 6.18 Å². The van der Waals surface area contributed by atoms with Gasteiger partial charge in [0.2, 0.25) is 9.74 Å². The molecule has 0 aliphatic heterocycles. The molecule has 5 nitrogen and oxygen atoms in total. The molecular formula is C17H17Cl3F3N5. The molecule has 3 rings (SSSR count). The van der Waals surface area contributed by atoms with Gasteiger partial charge in [0.05, 0.1) is 5.56 Å². The smallest absolute Gasteiger partial charge is 0.352 e. The minimum atomic E-state index is -4.50. The Morgan fingerprint density at radius 2 is 1.75 bits per heavy atom. The van der Waals surface area contributed by atoms with Crippen LogP contribution in [0, 0.1) is 0 Å². The lowest BCUT2D eigenvalue weighted by atomic mass is 10.00. The number of rotatable bonds is 4. The highest BCUT2D eigenvalue weighted by molar-refractivity contribution is 6.66. The zero-order valence-corrected chi connectivity index (χ0v) is 16.8. The second-order valence-electron chi connectivity index (χ2n) is 6.81. The number of benzene rings is 1. The van der Waals surface area contributed by atoms with Crippen LogP contribution in [0.1, 0.15) is 37.1 Å². The molecule has 0 unspecified atom stereocenters. The Bertz CT molecular complexity index is 849. The zero-order valence-electron chi connectivity index (χ0n) is 14.5. The summed E-state index contributed by atoms with van der Waals surface area (Å²) in [7, 11) is 0. The van der Waals surface area contributed by atoms with Crippen LogP contribution >= 0.6 is 34.8 Å². The van der Waals surface area contributed by atoms with E-state index in [0.29, 0.717) is 6.54 Å². The van der Waals surface area contributed by atoms with E-state index in [1.165, 1.54) is 12.1 Å². The Morgan fingerprint density at radius 3 is 2.36 bits per heavy atom. The third-order valence-electron chi connectivity index (χ3n) is 4.53. The third-order valence-corrected chi connectivity index (χ3v) is 5.04. The van der Waals surface area contributed by atoms with E-state index in [4.69, 9.17) is 40.5 Å². The van der Waals surface area contributed by atoms with E-state index in [-0.39, 0.29) is 23.2 Å². The Balaban J connectivity index is 1.96. The number of nitrogens with zero attached hydrogens (tertiary/aromatic N) is 3. The summed E-state index contributed by atoms with van der Waals surface area (Å²) in [6.45, 7) is 0.387. The lowest BCUT2D eigenvalue weighted by Crippen LogP contribution is -2.43. The van der Waals surface area contributed by atoms with Crippen LogP contribution in [0.4, 0.5) is 19.1 Å². The van der Waals surface area contributed by atoms with Crippen LogP contribution in [0.3, 0.4) is 0 Å². The first-order valence-electron chi connectivity index (χ1n) is 8.50. The van der Waals surface area contributed by atoms with Gasteiger partial charge in [-0.2, -0.15) is 23.1 Å². The van der Waals surface area contributed by atoms with Gasteiger partial charge in [-0.1, -0.05) is 59.8 Å². The summed E-state index contributed by atoms with van der Waals surface area (Å²) in [5.41, 5.74) is 5.20. The average molecular weight is 455 g/mol. The molecule has 0 atom stereocenters. The maximum atomic E-state index is 13.0. The Morgan fingerprint density at radius 1 is 1.07 bits per heavy atom. The summed E-state index contributed by atoms with van der Waals surface area (Å²) in [5, 5.41) is 3.01. The monoisotopic (exact) mass is 453 g/mol. The van der Waals surface area contributed by atoms with Crippen molar-refractivity contribution in [2.24, 2.45) is 5.73 Å². The molecule has 0 radical (unpaired) electrons. The van der Waals surface area contributed by atoms with Gasteiger partial charge in [-0.25, -0.2) is 4.98 Å². The summed E-state index contributed by atoms with van der Waals surface area (Å²) in [4.78, 5) is 12.3. The Kier molecular flexibility index (Phi) is 5.96. The quantitative estimate of drug-likeness (QED) is 0.631. The fraction of sp³-hybridized carbons (Fsp3) is 0.471. The highest BCUT2D eigenvalue weighted by Crippen LogP contribution is 2.37. The number of halogens is 6. The van der Waals surface area contributed by atoms with Crippen molar-refractivity contribution in [2.75, 3.05) is 11.9 Å². The van der Waals surface area contributed by atoms with Crippen molar-refractivity contribution in [3.8, 4) is 11.4 Å². The molecule has 1 saturated carbocycles. The number of nitrogens with two attached hydrogens (primary N) is 1. The maximum absolute atomic E-state index is 13.0. The topological polar surface area (TPSA) is 76.7 Å². The first-order chi connectivity index (χ1) is 13.0. The summed E-state index contributed by atoms with van der Waals surface area (Å²) in [5.74, 6) is -0.150. The minimum Gasteiger partial charge on any atom is -0.352 e. The summed E-state index contributed by atoms with van der Waals surface area (Å²) < 4.78 is 37.1. The molecule has 3 N–H and O–H groups in total. The molecule has 1 heterocycles. The van der Waals surface area contributed by atoms with Crippen molar-refractivity contribution in [1.29, 1.82) is 0 Å². The first kappa shape index (κ1) is 21.4. The van der Waals surface area contributed by atoms with Crippen LogP contribution in [0.25, 0.3) is 11.4 Å². The molecule has 0 amide bonds. The van der Waals surface area contributed by atoms with Crippen LogP contribution in [0.2, 0.25) is 0 Å². The van der Waals surface area contributed by atoms with Crippen molar-refractivity contribution in [1.82, 2.24) is 15.0 Å². The fourth-order valence-corrected chi connectivity index (χ4v) is 3.31. The normalized spacial score (nSPS) is 17.0. The average Bonchev–Trinajstić information content (AvgIpc) is 3.05. The van der Waals surface area contributed by atoms with Gasteiger partial charge in [-0.15, -0.1) is 0 Å². The van der Waals surface area contributed by atoms with E-state index >= 15 is 0 Å². The first-order valence-corrected chi connectivity index (χ1v) is 9.63. The molecule has 0 saturated heterocycles. The van der Waals surface area contributed by atoms with Crippen molar-refractivity contribution >= 4 is 40.8 Å². The minimum absolute atomic E-state index is 0.0394. The molecular weight excluding hydrogens is 438 g/mol. The molecule has 0 spiro atoms. The summed E-state index contributed by atoms with van der Waals surface area (Å²) in [6, 6.07) is 4.59. The summed E-state index contributed by atoms with van der Waals surface area (Å²) >= 11 is 17.7. The van der Waals surface area contributed by atoms with E-state index in [1.54, 1.807) is 0 Å². The largest absolute Gasteiger partial charge is 0.416 e. The van der Waals surface area contributed by atoms with Crippen molar-refractivity contribution in [3.05, 3.63) is 35.7 Å². The Hall–Kier alpha value is -1.35. The second-order valence-corrected chi connectivity index (χ2v) is 9.09. The van der Waals surface area contributed by atoms with E-state index in [1.807, 2.05) is 0 Å². The molecule has 1 aliphatic carbocycles. The molecule has 1 aromatic carbocycles. The van der Waals surface area contributed by atoms with Gasteiger partial charge < -0.3 is 11.1 Å². The van der Waals surface area contributed by atoms with E-state index < -0.39 is 21.1 Å². The third kappa shape index (κ3) is 5.17. The van der Waals surface area contributed by atoms with Gasteiger partial charge in [0.1, 0.15) is 0 Å². The molecule has 1 fully saturated rings. The Labute approximate surface area is 174 Å². The number of hydrogen-bond donors (Lipinski definition) is 2.